The van der Waals surface area contributed by atoms with Crippen LogP contribution in [0.5, 0.6) is 0 Å². The number of nitrogens with zero attached hydrogens (tertiary/aromatic N) is 3. The smallest absolute Gasteiger partial charge is 0.164 e. The van der Waals surface area contributed by atoms with Crippen LogP contribution in [0.25, 0.3) is 101 Å². The predicted molar refractivity (Wildman–Crippen MR) is 249 cm³/mol. The molecule has 282 valence electrons. The van der Waals surface area contributed by atoms with E-state index in [0.717, 1.165) is 83.5 Å². The minimum atomic E-state index is 0.603. The van der Waals surface area contributed by atoms with Gasteiger partial charge in [-0.3, -0.25) is 0 Å². The van der Waals surface area contributed by atoms with Crippen LogP contribution in [0.3, 0.4) is 0 Å². The molecule has 1 heterocycles. The molecule has 0 fully saturated rings. The molecule has 60 heavy (non-hydrogen) atoms. The van der Waals surface area contributed by atoms with Crippen molar-refractivity contribution in [1.82, 2.24) is 15.0 Å². The van der Waals surface area contributed by atoms with Gasteiger partial charge in [-0.25, -0.2) is 15.0 Å². The predicted octanol–water partition coefficient (Wildman–Crippen LogP) is 14.9. The van der Waals surface area contributed by atoms with Crippen LogP contribution in [0.1, 0.15) is 0 Å². The Morgan fingerprint density at radius 3 is 0.617 bits per heavy atom. The summed E-state index contributed by atoms with van der Waals surface area (Å²) in [4.78, 5) is 16.3. The largest absolute Gasteiger partial charge is 0.208 e. The van der Waals surface area contributed by atoms with Crippen LogP contribution in [0.4, 0.5) is 0 Å². The molecule has 0 amide bonds. The minimum Gasteiger partial charge on any atom is -0.208 e. The van der Waals surface area contributed by atoms with Gasteiger partial charge in [0.05, 0.1) is 0 Å². The SMILES string of the molecule is c1ccc(-c2ccc(-c3nc(-c4ccc(-c5ccccc5)cc4-c4ccccc4)nc(-c4ccc(-c5ccccc5)cc4-c4ccccc4)n3)c(-c3ccccc3)c2)cc1. The molecular formula is C57H39N3. The zero-order valence-corrected chi connectivity index (χ0v) is 32.9. The molecule has 10 rings (SSSR count). The second-order valence-electron chi connectivity index (χ2n) is 14.8. The first kappa shape index (κ1) is 36.3. The van der Waals surface area contributed by atoms with Gasteiger partial charge in [0.15, 0.2) is 17.5 Å². The number of aromatic nitrogens is 3. The van der Waals surface area contributed by atoms with Crippen molar-refractivity contribution >= 4 is 0 Å². The van der Waals surface area contributed by atoms with Crippen molar-refractivity contribution in [2.45, 2.75) is 0 Å². The van der Waals surface area contributed by atoms with Gasteiger partial charge in [0, 0.05) is 16.7 Å². The highest BCUT2D eigenvalue weighted by Crippen LogP contribution is 2.41. The molecule has 1 aromatic heterocycles. The maximum absolute atomic E-state index is 5.42. The molecule has 0 N–H and O–H groups in total. The van der Waals surface area contributed by atoms with Crippen molar-refractivity contribution in [3.63, 3.8) is 0 Å². The lowest BCUT2D eigenvalue weighted by molar-refractivity contribution is 1.08. The molecule has 3 nitrogen and oxygen atoms in total. The molecule has 0 unspecified atom stereocenters. The van der Waals surface area contributed by atoms with Crippen LogP contribution in [0.15, 0.2) is 237 Å². The second-order valence-corrected chi connectivity index (χ2v) is 14.8. The summed E-state index contributed by atoms with van der Waals surface area (Å²) in [5.74, 6) is 1.81. The van der Waals surface area contributed by atoms with E-state index in [4.69, 9.17) is 15.0 Å². The summed E-state index contributed by atoms with van der Waals surface area (Å²) < 4.78 is 0. The van der Waals surface area contributed by atoms with Gasteiger partial charge in [0.1, 0.15) is 0 Å². The normalized spacial score (nSPS) is 11.0. The fraction of sp³-hybridized carbons (Fsp3) is 0. The number of hydrogen-bond acceptors (Lipinski definition) is 3. The van der Waals surface area contributed by atoms with Gasteiger partial charge in [-0.1, -0.05) is 200 Å². The van der Waals surface area contributed by atoms with E-state index in [1.165, 1.54) is 0 Å². The monoisotopic (exact) mass is 765 g/mol. The molecule has 0 saturated carbocycles. The van der Waals surface area contributed by atoms with Gasteiger partial charge >= 0.3 is 0 Å². The van der Waals surface area contributed by atoms with E-state index < -0.39 is 0 Å². The van der Waals surface area contributed by atoms with Crippen molar-refractivity contribution in [1.29, 1.82) is 0 Å². The summed E-state index contributed by atoms with van der Waals surface area (Å²) >= 11 is 0. The van der Waals surface area contributed by atoms with Crippen LogP contribution in [0, 0.1) is 0 Å². The average Bonchev–Trinajstić information content (AvgIpc) is 3.35. The third-order valence-electron chi connectivity index (χ3n) is 11.0. The fourth-order valence-corrected chi connectivity index (χ4v) is 7.96. The molecule has 0 atom stereocenters. The highest BCUT2D eigenvalue weighted by molar-refractivity contribution is 5.90. The van der Waals surface area contributed by atoms with Crippen molar-refractivity contribution in [3.05, 3.63) is 237 Å². The maximum Gasteiger partial charge on any atom is 0.164 e. The lowest BCUT2D eigenvalue weighted by Gasteiger charge is -2.17. The first-order chi connectivity index (χ1) is 29.7. The summed E-state index contributed by atoms with van der Waals surface area (Å²) in [5.41, 5.74) is 16.0. The number of rotatable bonds is 9. The lowest BCUT2D eigenvalue weighted by atomic mass is 9.92. The van der Waals surface area contributed by atoms with Crippen LogP contribution < -0.4 is 0 Å². The standard InChI is InChI=1S/C57H39N3/c1-7-19-40(20-8-1)46-31-34-49(52(37-46)43-25-13-4-14-26-43)55-58-56(50-35-32-47(41-21-9-2-10-22-41)38-53(50)44-27-15-5-16-28-44)60-57(59-55)51-36-33-48(42-23-11-3-12-24-42)39-54(51)45-29-17-6-18-30-45/h1-39H. The van der Waals surface area contributed by atoms with E-state index >= 15 is 0 Å². The maximum atomic E-state index is 5.42. The van der Waals surface area contributed by atoms with Gasteiger partial charge in [-0.05, 0) is 103 Å². The van der Waals surface area contributed by atoms with E-state index in [1.54, 1.807) is 0 Å². The van der Waals surface area contributed by atoms with Gasteiger partial charge in [0.25, 0.3) is 0 Å². The third-order valence-corrected chi connectivity index (χ3v) is 11.0. The van der Waals surface area contributed by atoms with Crippen molar-refractivity contribution in [3.8, 4) is 101 Å². The van der Waals surface area contributed by atoms with Crippen molar-refractivity contribution in [2.24, 2.45) is 0 Å². The van der Waals surface area contributed by atoms with Crippen LogP contribution in [-0.4, -0.2) is 15.0 Å². The molecular weight excluding hydrogens is 727 g/mol. The van der Waals surface area contributed by atoms with Gasteiger partial charge in [-0.2, -0.15) is 0 Å². The Morgan fingerprint density at radius 1 is 0.167 bits per heavy atom. The van der Waals surface area contributed by atoms with E-state index in [0.29, 0.717) is 17.5 Å². The zero-order valence-electron chi connectivity index (χ0n) is 32.9. The summed E-state index contributed by atoms with van der Waals surface area (Å²) in [6, 6.07) is 82.9. The highest BCUT2D eigenvalue weighted by Gasteiger charge is 2.21. The molecule has 0 aliphatic carbocycles. The van der Waals surface area contributed by atoms with Crippen molar-refractivity contribution in [2.75, 3.05) is 0 Å². The average molecular weight is 766 g/mol. The molecule has 0 radical (unpaired) electrons. The Morgan fingerprint density at radius 2 is 0.383 bits per heavy atom. The first-order valence-corrected chi connectivity index (χ1v) is 20.3. The molecule has 0 aliphatic rings. The van der Waals surface area contributed by atoms with Gasteiger partial charge in [-0.15, -0.1) is 0 Å². The van der Waals surface area contributed by atoms with E-state index in [9.17, 15) is 0 Å². The fourth-order valence-electron chi connectivity index (χ4n) is 7.96. The van der Waals surface area contributed by atoms with Crippen LogP contribution in [-0.2, 0) is 0 Å². The Bertz CT molecular complexity index is 2690. The molecule has 9 aromatic carbocycles. The number of hydrogen-bond donors (Lipinski definition) is 0. The Balaban J connectivity index is 1.25. The van der Waals surface area contributed by atoms with E-state index in [-0.39, 0.29) is 0 Å². The topological polar surface area (TPSA) is 38.7 Å². The summed E-state index contributed by atoms with van der Waals surface area (Å²) in [7, 11) is 0. The highest BCUT2D eigenvalue weighted by atomic mass is 15.0. The number of benzene rings is 9. The molecule has 0 spiro atoms. The Kier molecular flexibility index (Phi) is 9.97. The molecule has 10 aromatic rings. The summed E-state index contributed by atoms with van der Waals surface area (Å²) in [5, 5.41) is 0. The minimum absolute atomic E-state index is 0.603. The lowest BCUT2D eigenvalue weighted by Crippen LogP contribution is -2.03. The third kappa shape index (κ3) is 7.44. The Hall–Kier alpha value is -8.01. The molecule has 0 saturated heterocycles. The first-order valence-electron chi connectivity index (χ1n) is 20.3. The van der Waals surface area contributed by atoms with Gasteiger partial charge < -0.3 is 0 Å². The second kappa shape index (κ2) is 16.5. The quantitative estimate of drug-likeness (QED) is 0.147. The van der Waals surface area contributed by atoms with E-state index in [2.05, 4.69) is 237 Å². The van der Waals surface area contributed by atoms with Gasteiger partial charge in [0.2, 0.25) is 0 Å². The van der Waals surface area contributed by atoms with Crippen LogP contribution >= 0.6 is 0 Å². The zero-order chi connectivity index (χ0) is 40.1. The van der Waals surface area contributed by atoms with Crippen LogP contribution in [0.2, 0.25) is 0 Å². The molecule has 0 aliphatic heterocycles. The van der Waals surface area contributed by atoms with E-state index in [1.807, 2.05) is 0 Å². The molecule has 0 bridgehead atoms. The Labute approximate surface area is 351 Å². The summed E-state index contributed by atoms with van der Waals surface area (Å²) in [6.45, 7) is 0. The molecule has 3 heteroatoms. The summed E-state index contributed by atoms with van der Waals surface area (Å²) in [6.07, 6.45) is 0. The van der Waals surface area contributed by atoms with Crippen molar-refractivity contribution < 1.29 is 0 Å².